The zero-order valence-electron chi connectivity index (χ0n) is 10.8. The molecule has 20 heavy (non-hydrogen) atoms. The molecule has 3 nitrogen and oxygen atoms in total. The molecule has 0 aliphatic rings. The molecule has 0 saturated heterocycles. The van der Waals surface area contributed by atoms with E-state index in [1.165, 1.54) is 19.2 Å². The minimum absolute atomic E-state index is 0.345. The van der Waals surface area contributed by atoms with E-state index < -0.39 is 12.0 Å². The third-order valence-corrected chi connectivity index (χ3v) is 3.15. The normalized spacial score (nSPS) is 11.8. The quantitative estimate of drug-likeness (QED) is 0.871. The maximum atomic E-state index is 12.9. The Labute approximate surface area is 121 Å². The van der Waals surface area contributed by atoms with Crippen molar-refractivity contribution in [1.29, 1.82) is 0 Å². The van der Waals surface area contributed by atoms with Crippen LogP contribution in [-0.4, -0.2) is 13.1 Å². The summed E-state index contributed by atoms with van der Waals surface area (Å²) in [6.07, 6.45) is 0. The van der Waals surface area contributed by atoms with Crippen LogP contribution >= 0.6 is 11.6 Å². The van der Waals surface area contributed by atoms with Crippen molar-refractivity contribution >= 4 is 23.3 Å². The number of ether oxygens (including phenoxy) is 1. The standard InChI is InChI=1S/C15H13ClFNO2/c1-20-15(19)14(12-4-2-3-5-13(12)16)18-11-8-6-10(17)7-9-11/h2-9,14,18H,1H3. The smallest absolute Gasteiger partial charge is 0.333 e. The monoisotopic (exact) mass is 293 g/mol. The Kier molecular flexibility index (Phi) is 4.58. The zero-order chi connectivity index (χ0) is 14.5. The first kappa shape index (κ1) is 14.3. The molecule has 1 N–H and O–H groups in total. The summed E-state index contributed by atoms with van der Waals surface area (Å²) in [7, 11) is 1.30. The highest BCUT2D eigenvalue weighted by Crippen LogP contribution is 2.27. The van der Waals surface area contributed by atoms with Gasteiger partial charge in [0.2, 0.25) is 0 Å². The Balaban J connectivity index is 2.31. The largest absolute Gasteiger partial charge is 0.467 e. The van der Waals surface area contributed by atoms with E-state index >= 15 is 0 Å². The number of carbonyl (C=O) groups excluding carboxylic acids is 1. The van der Waals surface area contributed by atoms with Gasteiger partial charge >= 0.3 is 5.97 Å². The second-order valence-electron chi connectivity index (χ2n) is 4.13. The first-order chi connectivity index (χ1) is 9.61. The number of hydrogen-bond donors (Lipinski definition) is 1. The Morgan fingerprint density at radius 3 is 2.45 bits per heavy atom. The number of benzene rings is 2. The predicted octanol–water partition coefficient (Wildman–Crippen LogP) is 3.81. The summed E-state index contributed by atoms with van der Waals surface area (Å²) in [6.45, 7) is 0. The van der Waals surface area contributed by atoms with Crippen LogP contribution in [0, 0.1) is 5.82 Å². The molecule has 104 valence electrons. The van der Waals surface area contributed by atoms with Crippen molar-refractivity contribution in [3.05, 3.63) is 64.9 Å². The van der Waals surface area contributed by atoms with Crippen molar-refractivity contribution < 1.29 is 13.9 Å². The molecule has 0 saturated carbocycles. The van der Waals surface area contributed by atoms with Gasteiger partial charge in [-0.2, -0.15) is 0 Å². The summed E-state index contributed by atoms with van der Waals surface area (Å²) >= 11 is 6.10. The molecule has 0 spiro atoms. The summed E-state index contributed by atoms with van der Waals surface area (Å²) < 4.78 is 17.7. The van der Waals surface area contributed by atoms with Crippen LogP contribution in [0.3, 0.4) is 0 Å². The van der Waals surface area contributed by atoms with Crippen LogP contribution in [0.4, 0.5) is 10.1 Å². The van der Waals surface area contributed by atoms with Gasteiger partial charge in [-0.25, -0.2) is 9.18 Å². The van der Waals surface area contributed by atoms with Gasteiger partial charge in [-0.05, 0) is 30.3 Å². The second kappa shape index (κ2) is 6.39. The van der Waals surface area contributed by atoms with Crippen molar-refractivity contribution in [2.75, 3.05) is 12.4 Å². The number of halogens is 2. The lowest BCUT2D eigenvalue weighted by atomic mass is 10.1. The molecular formula is C15H13ClFNO2. The number of carbonyl (C=O) groups is 1. The molecule has 5 heteroatoms. The van der Waals surface area contributed by atoms with Crippen LogP contribution in [0.1, 0.15) is 11.6 Å². The van der Waals surface area contributed by atoms with Crippen LogP contribution in [-0.2, 0) is 9.53 Å². The van der Waals surface area contributed by atoms with Gasteiger partial charge in [0.15, 0.2) is 6.04 Å². The number of rotatable bonds is 4. The van der Waals surface area contributed by atoms with Crippen LogP contribution in [0.25, 0.3) is 0 Å². The highest BCUT2D eigenvalue weighted by atomic mass is 35.5. The molecular weight excluding hydrogens is 281 g/mol. The van der Waals surface area contributed by atoms with Gasteiger partial charge in [0, 0.05) is 16.3 Å². The maximum absolute atomic E-state index is 12.9. The molecule has 0 fully saturated rings. The first-order valence-electron chi connectivity index (χ1n) is 5.96. The number of hydrogen-bond acceptors (Lipinski definition) is 3. The fourth-order valence-electron chi connectivity index (χ4n) is 1.80. The molecule has 2 rings (SSSR count). The summed E-state index contributed by atoms with van der Waals surface area (Å²) in [4.78, 5) is 11.9. The molecule has 0 bridgehead atoms. The average Bonchev–Trinajstić information content (AvgIpc) is 2.47. The Morgan fingerprint density at radius 1 is 1.20 bits per heavy atom. The number of nitrogens with one attached hydrogen (secondary N) is 1. The summed E-state index contributed by atoms with van der Waals surface area (Å²) in [5, 5.41) is 3.44. The van der Waals surface area contributed by atoms with Gasteiger partial charge in [0.1, 0.15) is 5.82 Å². The average molecular weight is 294 g/mol. The first-order valence-corrected chi connectivity index (χ1v) is 6.34. The molecule has 2 aromatic rings. The summed E-state index contributed by atoms with van der Waals surface area (Å²) in [6, 6.07) is 11.9. The molecule has 0 aliphatic carbocycles. The third kappa shape index (κ3) is 3.27. The van der Waals surface area contributed by atoms with E-state index in [0.717, 1.165) is 0 Å². The number of methoxy groups -OCH3 is 1. The number of anilines is 1. The van der Waals surface area contributed by atoms with Gasteiger partial charge < -0.3 is 10.1 Å². The minimum Gasteiger partial charge on any atom is -0.467 e. The second-order valence-corrected chi connectivity index (χ2v) is 4.54. The fraction of sp³-hybridized carbons (Fsp3) is 0.133. The van der Waals surface area contributed by atoms with E-state index in [0.29, 0.717) is 16.3 Å². The van der Waals surface area contributed by atoms with Crippen molar-refractivity contribution in [1.82, 2.24) is 0 Å². The lowest BCUT2D eigenvalue weighted by Crippen LogP contribution is -2.22. The Morgan fingerprint density at radius 2 is 1.85 bits per heavy atom. The molecule has 1 atom stereocenters. The van der Waals surface area contributed by atoms with E-state index in [1.807, 2.05) is 0 Å². The number of esters is 1. The lowest BCUT2D eigenvalue weighted by molar-refractivity contribution is -0.141. The highest BCUT2D eigenvalue weighted by Gasteiger charge is 2.23. The Hall–Kier alpha value is -2.07. The Bertz CT molecular complexity index is 601. The van der Waals surface area contributed by atoms with E-state index in [4.69, 9.17) is 16.3 Å². The van der Waals surface area contributed by atoms with Crippen LogP contribution in [0.2, 0.25) is 5.02 Å². The molecule has 0 radical (unpaired) electrons. The molecule has 0 aromatic heterocycles. The SMILES string of the molecule is COC(=O)C(Nc1ccc(F)cc1)c1ccccc1Cl. The molecule has 1 unspecified atom stereocenters. The van der Waals surface area contributed by atoms with Gasteiger partial charge in [-0.15, -0.1) is 0 Å². The van der Waals surface area contributed by atoms with Crippen molar-refractivity contribution in [3.63, 3.8) is 0 Å². The zero-order valence-corrected chi connectivity index (χ0v) is 11.5. The van der Waals surface area contributed by atoms with E-state index in [-0.39, 0.29) is 5.82 Å². The minimum atomic E-state index is -0.751. The van der Waals surface area contributed by atoms with E-state index in [1.54, 1.807) is 36.4 Å². The lowest BCUT2D eigenvalue weighted by Gasteiger charge is -2.19. The molecule has 0 aliphatic heterocycles. The van der Waals surface area contributed by atoms with Gasteiger partial charge in [-0.1, -0.05) is 29.8 Å². The summed E-state index contributed by atoms with van der Waals surface area (Å²) in [5.41, 5.74) is 1.20. The van der Waals surface area contributed by atoms with Crippen molar-refractivity contribution in [2.24, 2.45) is 0 Å². The third-order valence-electron chi connectivity index (χ3n) is 2.81. The van der Waals surface area contributed by atoms with Gasteiger partial charge in [0.25, 0.3) is 0 Å². The van der Waals surface area contributed by atoms with Crippen LogP contribution < -0.4 is 5.32 Å². The topological polar surface area (TPSA) is 38.3 Å². The highest BCUT2D eigenvalue weighted by molar-refractivity contribution is 6.31. The fourth-order valence-corrected chi connectivity index (χ4v) is 2.05. The van der Waals surface area contributed by atoms with E-state index in [9.17, 15) is 9.18 Å². The van der Waals surface area contributed by atoms with Crippen LogP contribution in [0.5, 0.6) is 0 Å². The maximum Gasteiger partial charge on any atom is 0.333 e. The van der Waals surface area contributed by atoms with Gasteiger partial charge in [0.05, 0.1) is 7.11 Å². The molecule has 2 aromatic carbocycles. The molecule has 0 amide bonds. The van der Waals surface area contributed by atoms with Gasteiger partial charge in [-0.3, -0.25) is 0 Å². The predicted molar refractivity (Wildman–Crippen MR) is 76.2 cm³/mol. The molecule has 0 heterocycles. The van der Waals surface area contributed by atoms with Crippen molar-refractivity contribution in [2.45, 2.75) is 6.04 Å². The van der Waals surface area contributed by atoms with Crippen LogP contribution in [0.15, 0.2) is 48.5 Å². The summed E-state index contributed by atoms with van der Waals surface area (Å²) in [5.74, 6) is -0.815. The van der Waals surface area contributed by atoms with E-state index in [2.05, 4.69) is 5.32 Å². The van der Waals surface area contributed by atoms with Crippen molar-refractivity contribution in [3.8, 4) is 0 Å².